The van der Waals surface area contributed by atoms with E-state index in [-0.39, 0.29) is 29.7 Å². The number of halogens is 4. The number of carbonyl (C=O) groups is 1. The minimum Gasteiger partial charge on any atom is -0.486 e. The molecule has 0 bridgehead atoms. The molecule has 0 N–H and O–H groups in total. The molecule has 0 amide bonds. The summed E-state index contributed by atoms with van der Waals surface area (Å²) in [6, 6.07) is 7.52. The van der Waals surface area contributed by atoms with Crippen molar-refractivity contribution in [3.8, 4) is 5.75 Å². The highest BCUT2D eigenvalue weighted by molar-refractivity contribution is 6.32. The molecule has 0 saturated heterocycles. The molecular formula is C16H13ClF3NO3. The Balaban J connectivity index is 2.08. The smallest absolute Gasteiger partial charge is 0.416 e. The molecule has 0 fully saturated rings. The first kappa shape index (κ1) is 18.1. The van der Waals surface area contributed by atoms with Crippen LogP contribution in [-0.4, -0.2) is 17.6 Å². The summed E-state index contributed by atoms with van der Waals surface area (Å²) >= 11 is 5.81. The molecule has 0 radical (unpaired) electrons. The molecule has 24 heavy (non-hydrogen) atoms. The number of aromatic nitrogens is 1. The zero-order chi connectivity index (χ0) is 17.7. The normalized spacial score (nSPS) is 11.2. The Labute approximate surface area is 141 Å². The molecule has 2 aromatic rings. The van der Waals surface area contributed by atoms with Crippen LogP contribution >= 0.6 is 11.6 Å². The van der Waals surface area contributed by atoms with Crippen molar-refractivity contribution in [3.05, 3.63) is 58.4 Å². The van der Waals surface area contributed by atoms with E-state index in [0.29, 0.717) is 5.69 Å². The average Bonchev–Trinajstić information content (AvgIpc) is 2.53. The molecule has 2 rings (SSSR count). The van der Waals surface area contributed by atoms with Gasteiger partial charge in [-0.15, -0.1) is 0 Å². The lowest BCUT2D eigenvalue weighted by molar-refractivity contribution is -0.137. The highest BCUT2D eigenvalue weighted by Gasteiger charge is 2.31. The van der Waals surface area contributed by atoms with E-state index in [1.54, 1.807) is 19.1 Å². The van der Waals surface area contributed by atoms with Crippen molar-refractivity contribution in [2.24, 2.45) is 0 Å². The fraction of sp³-hybridized carbons (Fsp3) is 0.250. The van der Waals surface area contributed by atoms with Gasteiger partial charge in [-0.3, -0.25) is 0 Å². The van der Waals surface area contributed by atoms with Gasteiger partial charge in [0.05, 0.1) is 22.9 Å². The molecule has 0 aliphatic carbocycles. The van der Waals surface area contributed by atoms with Gasteiger partial charge in [-0.2, -0.15) is 13.2 Å². The van der Waals surface area contributed by atoms with Gasteiger partial charge in [-0.25, -0.2) is 9.78 Å². The minimum atomic E-state index is -4.47. The number of rotatable bonds is 5. The summed E-state index contributed by atoms with van der Waals surface area (Å²) in [6.45, 7) is 1.85. The molecule has 0 unspecified atom stereocenters. The molecule has 0 saturated carbocycles. The van der Waals surface area contributed by atoms with E-state index in [2.05, 4.69) is 4.98 Å². The van der Waals surface area contributed by atoms with Crippen molar-refractivity contribution >= 4 is 17.6 Å². The van der Waals surface area contributed by atoms with Crippen LogP contribution in [0.15, 0.2) is 36.4 Å². The second kappa shape index (κ2) is 7.53. The lowest BCUT2D eigenvalue weighted by Gasteiger charge is -2.11. The molecular weight excluding hydrogens is 347 g/mol. The van der Waals surface area contributed by atoms with Crippen molar-refractivity contribution in [2.75, 3.05) is 6.61 Å². The van der Waals surface area contributed by atoms with Gasteiger partial charge in [0.15, 0.2) is 0 Å². The topological polar surface area (TPSA) is 48.4 Å². The molecule has 0 atom stereocenters. The largest absolute Gasteiger partial charge is 0.486 e. The van der Waals surface area contributed by atoms with Gasteiger partial charge in [0.1, 0.15) is 18.1 Å². The number of hydrogen-bond donors (Lipinski definition) is 0. The number of hydrogen-bond acceptors (Lipinski definition) is 4. The predicted molar refractivity (Wildman–Crippen MR) is 81.0 cm³/mol. The van der Waals surface area contributed by atoms with Crippen molar-refractivity contribution in [3.63, 3.8) is 0 Å². The summed E-state index contributed by atoms with van der Waals surface area (Å²) in [4.78, 5) is 15.7. The molecule has 1 aromatic heterocycles. The molecule has 0 spiro atoms. The van der Waals surface area contributed by atoms with Crippen molar-refractivity contribution in [1.29, 1.82) is 0 Å². The highest BCUT2D eigenvalue weighted by Crippen LogP contribution is 2.34. The molecule has 8 heteroatoms. The van der Waals surface area contributed by atoms with Gasteiger partial charge < -0.3 is 9.47 Å². The van der Waals surface area contributed by atoms with E-state index in [4.69, 9.17) is 21.1 Å². The van der Waals surface area contributed by atoms with Gasteiger partial charge in [-0.05, 0) is 37.3 Å². The summed E-state index contributed by atoms with van der Waals surface area (Å²) in [5, 5.41) is -0.161. The van der Waals surface area contributed by atoms with E-state index in [1.807, 2.05) is 0 Å². The fourth-order valence-electron chi connectivity index (χ4n) is 1.82. The number of benzene rings is 1. The van der Waals surface area contributed by atoms with Gasteiger partial charge >= 0.3 is 12.1 Å². The zero-order valence-electron chi connectivity index (χ0n) is 12.6. The van der Waals surface area contributed by atoms with Crippen LogP contribution in [0.5, 0.6) is 5.75 Å². The van der Waals surface area contributed by atoms with Gasteiger partial charge in [0, 0.05) is 0 Å². The summed E-state index contributed by atoms with van der Waals surface area (Å²) < 4.78 is 48.0. The SMILES string of the molecule is CCOC(=O)c1cccc(COc2ccc(C(F)(F)F)cc2Cl)n1. The Morgan fingerprint density at radius 1 is 1.25 bits per heavy atom. The van der Waals surface area contributed by atoms with Gasteiger partial charge in [0.2, 0.25) is 0 Å². The Bertz CT molecular complexity index is 735. The van der Waals surface area contributed by atoms with Gasteiger partial charge in [0.25, 0.3) is 0 Å². The van der Waals surface area contributed by atoms with Crippen LogP contribution in [0, 0.1) is 0 Å². The highest BCUT2D eigenvalue weighted by atomic mass is 35.5. The molecule has 4 nitrogen and oxygen atoms in total. The van der Waals surface area contributed by atoms with Crippen LogP contribution in [0.4, 0.5) is 13.2 Å². The summed E-state index contributed by atoms with van der Waals surface area (Å²) in [5.74, 6) is -0.472. The van der Waals surface area contributed by atoms with Crippen LogP contribution in [0.1, 0.15) is 28.7 Å². The molecule has 0 aliphatic heterocycles. The van der Waals surface area contributed by atoms with Crippen LogP contribution < -0.4 is 4.74 Å². The molecule has 128 valence electrons. The maximum Gasteiger partial charge on any atom is 0.416 e. The number of carbonyl (C=O) groups excluding carboxylic acids is 1. The van der Waals surface area contributed by atoms with E-state index >= 15 is 0 Å². The number of nitrogens with zero attached hydrogens (tertiary/aromatic N) is 1. The first-order chi connectivity index (χ1) is 11.3. The monoisotopic (exact) mass is 359 g/mol. The first-order valence-corrected chi connectivity index (χ1v) is 7.31. The first-order valence-electron chi connectivity index (χ1n) is 6.94. The summed E-state index contributed by atoms with van der Waals surface area (Å²) in [7, 11) is 0. The quantitative estimate of drug-likeness (QED) is 0.737. The average molecular weight is 360 g/mol. The molecule has 0 aliphatic rings. The van der Waals surface area contributed by atoms with Crippen LogP contribution in [0.2, 0.25) is 5.02 Å². The maximum absolute atomic E-state index is 12.6. The third-order valence-corrected chi connectivity index (χ3v) is 3.22. The predicted octanol–water partition coefficient (Wildman–Crippen LogP) is 4.51. The van der Waals surface area contributed by atoms with Crippen molar-refractivity contribution in [2.45, 2.75) is 19.7 Å². The van der Waals surface area contributed by atoms with Crippen LogP contribution in [-0.2, 0) is 17.5 Å². The lowest BCUT2D eigenvalue weighted by Crippen LogP contribution is -2.09. The Morgan fingerprint density at radius 3 is 2.62 bits per heavy atom. The third-order valence-electron chi connectivity index (χ3n) is 2.93. The third kappa shape index (κ3) is 4.61. The maximum atomic E-state index is 12.6. The van der Waals surface area contributed by atoms with Crippen LogP contribution in [0.3, 0.4) is 0 Å². The number of ether oxygens (including phenoxy) is 2. The van der Waals surface area contributed by atoms with E-state index in [1.165, 1.54) is 6.07 Å². The van der Waals surface area contributed by atoms with E-state index < -0.39 is 17.7 Å². The Hall–Kier alpha value is -2.28. The standard InChI is InChI=1S/C16H13ClF3NO3/c1-2-23-15(22)13-5-3-4-11(21-13)9-24-14-7-6-10(8-12(14)17)16(18,19)20/h3-8H,2,9H2,1H3. The summed E-state index contributed by atoms with van der Waals surface area (Å²) in [5.41, 5.74) is -0.324. The van der Waals surface area contributed by atoms with E-state index in [9.17, 15) is 18.0 Å². The van der Waals surface area contributed by atoms with Gasteiger partial charge in [-0.1, -0.05) is 17.7 Å². The zero-order valence-corrected chi connectivity index (χ0v) is 13.3. The second-order valence-corrected chi connectivity index (χ2v) is 5.07. The fourth-order valence-corrected chi connectivity index (χ4v) is 2.06. The number of esters is 1. The molecule has 1 aromatic carbocycles. The van der Waals surface area contributed by atoms with Crippen molar-refractivity contribution in [1.82, 2.24) is 4.98 Å². The van der Waals surface area contributed by atoms with E-state index in [0.717, 1.165) is 18.2 Å². The Kier molecular flexibility index (Phi) is 5.66. The number of pyridine rings is 1. The minimum absolute atomic E-state index is 0.0572. The second-order valence-electron chi connectivity index (χ2n) is 4.67. The Morgan fingerprint density at radius 2 is 2.00 bits per heavy atom. The number of alkyl halides is 3. The lowest BCUT2D eigenvalue weighted by atomic mass is 10.2. The van der Waals surface area contributed by atoms with Crippen LogP contribution in [0.25, 0.3) is 0 Å². The molecule has 1 heterocycles. The summed E-state index contributed by atoms with van der Waals surface area (Å²) in [6.07, 6.45) is -4.47. The van der Waals surface area contributed by atoms with Crippen molar-refractivity contribution < 1.29 is 27.4 Å².